The van der Waals surface area contributed by atoms with E-state index in [1.54, 1.807) is 41.3 Å². The molecule has 0 bridgehead atoms. The van der Waals surface area contributed by atoms with E-state index in [1.807, 2.05) is 31.2 Å². The summed E-state index contributed by atoms with van der Waals surface area (Å²) in [6.07, 6.45) is 3.22. The van der Waals surface area contributed by atoms with E-state index >= 15 is 0 Å². The number of hydrogen-bond donors (Lipinski definition) is 4. The molecule has 0 unspecified atom stereocenters. The molecule has 4 N–H and O–H groups in total. The van der Waals surface area contributed by atoms with Gasteiger partial charge in [-0.25, -0.2) is 9.59 Å². The van der Waals surface area contributed by atoms with Gasteiger partial charge < -0.3 is 30.9 Å². The number of nitrogens with zero attached hydrogens (tertiary/aromatic N) is 2. The van der Waals surface area contributed by atoms with Gasteiger partial charge in [0.15, 0.2) is 0 Å². The predicted octanol–water partition coefficient (Wildman–Crippen LogP) is 4.52. The quantitative estimate of drug-likeness (QED) is 0.253. The third kappa shape index (κ3) is 8.90. The SMILES string of the molecule is Cc1ccccc1NC(=O)Nc1ccc(CC(=O)NCC(=O)N(CCCN2CCCC2)c2ccc(C(=O)O)cc2)cc1. The minimum atomic E-state index is -1.03. The number of nitrogens with one attached hydrogen (secondary N) is 3. The molecule has 0 aliphatic carbocycles. The zero-order valence-corrected chi connectivity index (χ0v) is 23.8. The molecular weight excluding hydrogens is 534 g/mol. The van der Waals surface area contributed by atoms with Crippen molar-refractivity contribution in [3.63, 3.8) is 0 Å². The van der Waals surface area contributed by atoms with Crippen LogP contribution in [0.4, 0.5) is 21.9 Å². The second-order valence-electron chi connectivity index (χ2n) is 10.3. The van der Waals surface area contributed by atoms with Gasteiger partial charge in [0.2, 0.25) is 11.8 Å². The van der Waals surface area contributed by atoms with Crippen LogP contribution in [0.5, 0.6) is 0 Å². The molecule has 4 amide bonds. The lowest BCUT2D eigenvalue weighted by Gasteiger charge is -2.24. The minimum absolute atomic E-state index is 0.0746. The summed E-state index contributed by atoms with van der Waals surface area (Å²) in [6.45, 7) is 5.20. The molecule has 4 rings (SSSR count). The lowest BCUT2D eigenvalue weighted by molar-refractivity contribution is -0.124. The number of aromatic carboxylic acids is 1. The molecule has 0 saturated carbocycles. The number of carbonyl (C=O) groups is 4. The van der Waals surface area contributed by atoms with E-state index in [9.17, 15) is 24.3 Å². The molecule has 3 aromatic rings. The Morgan fingerprint density at radius 2 is 1.57 bits per heavy atom. The Bertz CT molecular complexity index is 1390. The van der Waals surface area contributed by atoms with Crippen LogP contribution in [-0.2, 0) is 16.0 Å². The summed E-state index contributed by atoms with van der Waals surface area (Å²) in [5, 5.41) is 17.5. The van der Waals surface area contributed by atoms with E-state index in [2.05, 4.69) is 20.9 Å². The molecule has 1 fully saturated rings. The van der Waals surface area contributed by atoms with Crippen molar-refractivity contribution >= 4 is 40.9 Å². The summed E-state index contributed by atoms with van der Waals surface area (Å²) >= 11 is 0. The average Bonchev–Trinajstić information content (AvgIpc) is 3.50. The molecule has 1 saturated heterocycles. The van der Waals surface area contributed by atoms with Gasteiger partial charge >= 0.3 is 12.0 Å². The maximum atomic E-state index is 13.2. The van der Waals surface area contributed by atoms with Gasteiger partial charge in [-0.05, 0) is 99.4 Å². The van der Waals surface area contributed by atoms with Gasteiger partial charge in [-0.3, -0.25) is 9.59 Å². The van der Waals surface area contributed by atoms with Gasteiger partial charge in [0.25, 0.3) is 0 Å². The maximum Gasteiger partial charge on any atom is 0.335 e. The molecule has 1 aliphatic rings. The van der Waals surface area contributed by atoms with E-state index < -0.39 is 5.97 Å². The van der Waals surface area contributed by atoms with Crippen molar-refractivity contribution in [2.75, 3.05) is 48.3 Å². The third-order valence-electron chi connectivity index (χ3n) is 7.19. The van der Waals surface area contributed by atoms with E-state index in [0.29, 0.717) is 17.9 Å². The molecule has 0 aromatic heterocycles. The zero-order valence-electron chi connectivity index (χ0n) is 23.8. The standard InChI is InChI=1S/C32H37N5O5/c1-23-7-2-3-8-28(23)35-32(42)34-26-13-9-24(10-14-26)21-29(38)33-22-30(39)37(20-6-19-36-17-4-5-18-36)27-15-11-25(12-16-27)31(40)41/h2-3,7-16H,4-6,17-22H2,1H3,(H,33,38)(H,40,41)(H2,34,35,42). The highest BCUT2D eigenvalue weighted by atomic mass is 16.4. The summed E-state index contributed by atoms with van der Waals surface area (Å²) in [4.78, 5) is 53.4. The van der Waals surface area contributed by atoms with Crippen LogP contribution in [-0.4, -0.2) is 66.5 Å². The molecule has 3 aromatic carbocycles. The van der Waals surface area contributed by atoms with Crippen LogP contribution in [0, 0.1) is 6.92 Å². The molecule has 220 valence electrons. The van der Waals surface area contributed by atoms with Crippen molar-refractivity contribution in [1.29, 1.82) is 0 Å². The molecule has 10 nitrogen and oxygen atoms in total. The number of carbonyl (C=O) groups excluding carboxylic acids is 3. The van der Waals surface area contributed by atoms with E-state index in [0.717, 1.165) is 42.9 Å². The second-order valence-corrected chi connectivity index (χ2v) is 10.3. The fourth-order valence-corrected chi connectivity index (χ4v) is 4.86. The topological polar surface area (TPSA) is 131 Å². The first-order chi connectivity index (χ1) is 20.3. The Morgan fingerprint density at radius 1 is 0.881 bits per heavy atom. The Hall–Kier alpha value is -4.70. The van der Waals surface area contributed by atoms with Crippen molar-refractivity contribution < 1.29 is 24.3 Å². The molecule has 42 heavy (non-hydrogen) atoms. The summed E-state index contributed by atoms with van der Waals surface area (Å²) < 4.78 is 0. The van der Waals surface area contributed by atoms with Crippen LogP contribution in [0.3, 0.4) is 0 Å². The number of carboxylic acids is 1. The summed E-state index contributed by atoms with van der Waals surface area (Å²) in [6, 6.07) is 20.2. The predicted molar refractivity (Wildman–Crippen MR) is 163 cm³/mol. The number of likely N-dealkylation sites (tertiary alicyclic amines) is 1. The molecule has 0 atom stereocenters. The first-order valence-electron chi connectivity index (χ1n) is 14.1. The van der Waals surface area contributed by atoms with Crippen molar-refractivity contribution in [1.82, 2.24) is 10.2 Å². The molecular formula is C32H37N5O5. The molecule has 1 heterocycles. The molecule has 10 heteroatoms. The minimum Gasteiger partial charge on any atom is -0.478 e. The number of para-hydroxylation sites is 1. The fraction of sp³-hybridized carbons (Fsp3) is 0.312. The first-order valence-corrected chi connectivity index (χ1v) is 14.1. The van der Waals surface area contributed by atoms with Crippen LogP contribution in [0.25, 0.3) is 0 Å². The largest absolute Gasteiger partial charge is 0.478 e. The number of rotatable bonds is 12. The van der Waals surface area contributed by atoms with Crippen molar-refractivity contribution in [2.45, 2.75) is 32.6 Å². The Labute approximate surface area is 245 Å². The summed E-state index contributed by atoms with van der Waals surface area (Å²) in [7, 11) is 0. The highest BCUT2D eigenvalue weighted by Crippen LogP contribution is 2.18. The number of benzene rings is 3. The lowest BCUT2D eigenvalue weighted by atomic mass is 10.1. The van der Waals surface area contributed by atoms with Gasteiger partial charge in [-0.1, -0.05) is 30.3 Å². The van der Waals surface area contributed by atoms with Crippen molar-refractivity contribution in [3.05, 3.63) is 89.5 Å². The van der Waals surface area contributed by atoms with Gasteiger partial charge in [-0.15, -0.1) is 0 Å². The van der Waals surface area contributed by atoms with Crippen LogP contribution in [0.15, 0.2) is 72.8 Å². The normalized spacial score (nSPS) is 12.9. The van der Waals surface area contributed by atoms with Gasteiger partial charge in [0, 0.05) is 23.6 Å². The number of anilines is 3. The van der Waals surface area contributed by atoms with Gasteiger partial charge in [-0.2, -0.15) is 0 Å². The smallest absolute Gasteiger partial charge is 0.335 e. The maximum absolute atomic E-state index is 13.2. The van der Waals surface area contributed by atoms with Crippen LogP contribution < -0.4 is 20.9 Å². The zero-order chi connectivity index (χ0) is 29.9. The van der Waals surface area contributed by atoms with E-state index in [-0.39, 0.29) is 36.4 Å². The Kier molecular flexibility index (Phi) is 10.7. The lowest BCUT2D eigenvalue weighted by Crippen LogP contribution is -2.42. The number of amides is 4. The molecule has 1 aliphatic heterocycles. The molecule has 0 radical (unpaired) electrons. The van der Waals surface area contributed by atoms with Gasteiger partial charge in [0.1, 0.15) is 0 Å². The van der Waals surface area contributed by atoms with E-state index in [1.165, 1.54) is 25.0 Å². The highest BCUT2D eigenvalue weighted by molar-refractivity contribution is 6.00. The van der Waals surface area contributed by atoms with E-state index in [4.69, 9.17) is 0 Å². The third-order valence-corrected chi connectivity index (χ3v) is 7.19. The monoisotopic (exact) mass is 571 g/mol. The van der Waals surface area contributed by atoms with Gasteiger partial charge in [0.05, 0.1) is 18.5 Å². The number of hydrogen-bond acceptors (Lipinski definition) is 5. The number of urea groups is 1. The number of carboxylic acid groups (broad SMARTS) is 1. The van der Waals surface area contributed by atoms with Crippen LogP contribution >= 0.6 is 0 Å². The highest BCUT2D eigenvalue weighted by Gasteiger charge is 2.19. The van der Waals surface area contributed by atoms with Crippen LogP contribution in [0.1, 0.15) is 40.7 Å². The summed E-state index contributed by atoms with van der Waals surface area (Å²) in [5.41, 5.74) is 3.73. The number of aryl methyl sites for hydroxylation is 1. The second kappa shape index (κ2) is 14.8. The molecule has 0 spiro atoms. The Morgan fingerprint density at radius 3 is 2.24 bits per heavy atom. The van der Waals surface area contributed by atoms with Crippen molar-refractivity contribution in [3.8, 4) is 0 Å². The Balaban J connectivity index is 1.28. The first kappa shape index (κ1) is 30.3. The fourth-order valence-electron chi connectivity index (χ4n) is 4.86. The van der Waals surface area contributed by atoms with Crippen LogP contribution in [0.2, 0.25) is 0 Å². The summed E-state index contributed by atoms with van der Waals surface area (Å²) in [5.74, 6) is -1.61. The van der Waals surface area contributed by atoms with Crippen molar-refractivity contribution in [2.24, 2.45) is 0 Å². The average molecular weight is 572 g/mol.